The maximum atomic E-state index is 13.1. The summed E-state index contributed by atoms with van der Waals surface area (Å²) in [6.07, 6.45) is -0.150. The van der Waals surface area contributed by atoms with E-state index in [2.05, 4.69) is 4.90 Å². The van der Waals surface area contributed by atoms with Crippen LogP contribution in [0.4, 0.5) is 15.8 Å². The van der Waals surface area contributed by atoms with Gasteiger partial charge in [0.05, 0.1) is 11.0 Å². The summed E-state index contributed by atoms with van der Waals surface area (Å²) < 4.78 is 19.0. The maximum absolute atomic E-state index is 13.1. The van der Waals surface area contributed by atoms with Gasteiger partial charge in [-0.1, -0.05) is 12.1 Å². The number of nitro groups is 1. The highest BCUT2D eigenvalue weighted by Crippen LogP contribution is 2.29. The van der Waals surface area contributed by atoms with Gasteiger partial charge in [0.15, 0.2) is 0 Å². The zero-order chi connectivity index (χ0) is 16.4. The van der Waals surface area contributed by atoms with E-state index in [-0.39, 0.29) is 23.7 Å². The van der Waals surface area contributed by atoms with Gasteiger partial charge in [0.25, 0.3) is 5.69 Å². The molecular weight excluding hydrogens is 299 g/mol. The molecule has 0 bridgehead atoms. The lowest BCUT2D eigenvalue weighted by Gasteiger charge is -2.38. The van der Waals surface area contributed by atoms with Crippen LogP contribution in [-0.2, 0) is 4.74 Å². The minimum absolute atomic E-state index is 0.00833. The van der Waals surface area contributed by atoms with E-state index in [0.29, 0.717) is 13.1 Å². The molecule has 2 aromatic rings. The first-order chi connectivity index (χ1) is 11.0. The van der Waals surface area contributed by atoms with Crippen molar-refractivity contribution in [3.05, 3.63) is 70.0 Å². The lowest BCUT2D eigenvalue weighted by molar-refractivity contribution is -0.384. The van der Waals surface area contributed by atoms with Gasteiger partial charge in [0, 0.05) is 30.9 Å². The smallest absolute Gasteiger partial charge is 0.269 e. The molecule has 0 saturated carbocycles. The highest BCUT2D eigenvalue weighted by molar-refractivity contribution is 5.51. The van der Waals surface area contributed by atoms with Crippen molar-refractivity contribution in [1.82, 2.24) is 0 Å². The van der Waals surface area contributed by atoms with Gasteiger partial charge in [0.1, 0.15) is 11.9 Å². The lowest BCUT2D eigenvalue weighted by Crippen LogP contribution is -2.42. The third-order valence-corrected chi connectivity index (χ3v) is 3.93. The zero-order valence-corrected chi connectivity index (χ0v) is 12.7. The van der Waals surface area contributed by atoms with Crippen molar-refractivity contribution in [3.63, 3.8) is 0 Å². The molecule has 2 unspecified atom stereocenters. The third kappa shape index (κ3) is 3.48. The van der Waals surface area contributed by atoms with Crippen molar-refractivity contribution >= 4 is 11.4 Å². The Balaban J connectivity index is 1.80. The Morgan fingerprint density at radius 3 is 2.39 bits per heavy atom. The van der Waals surface area contributed by atoms with Gasteiger partial charge in [-0.15, -0.1) is 0 Å². The molecule has 0 radical (unpaired) electrons. The zero-order valence-electron chi connectivity index (χ0n) is 12.7. The van der Waals surface area contributed by atoms with Crippen molar-refractivity contribution in [3.8, 4) is 0 Å². The minimum atomic E-state index is -0.410. The van der Waals surface area contributed by atoms with E-state index in [1.54, 1.807) is 24.3 Å². The number of anilines is 1. The Morgan fingerprint density at radius 2 is 1.78 bits per heavy atom. The average Bonchev–Trinajstić information content (AvgIpc) is 2.55. The van der Waals surface area contributed by atoms with E-state index in [1.807, 2.05) is 6.92 Å². The number of hydrogen-bond acceptors (Lipinski definition) is 4. The molecule has 2 aromatic carbocycles. The molecule has 120 valence electrons. The number of morpholine rings is 1. The largest absolute Gasteiger partial charge is 0.367 e. The molecule has 1 saturated heterocycles. The molecule has 1 fully saturated rings. The van der Waals surface area contributed by atoms with E-state index in [4.69, 9.17) is 4.74 Å². The predicted octanol–water partition coefficient (Wildman–Crippen LogP) is 3.70. The summed E-state index contributed by atoms with van der Waals surface area (Å²) in [6, 6.07) is 12.8. The van der Waals surface area contributed by atoms with Crippen LogP contribution in [0, 0.1) is 15.9 Å². The van der Waals surface area contributed by atoms with Crippen molar-refractivity contribution in [2.24, 2.45) is 0 Å². The second-order valence-electron chi connectivity index (χ2n) is 5.67. The van der Waals surface area contributed by atoms with Gasteiger partial charge >= 0.3 is 0 Å². The average molecular weight is 316 g/mol. The number of hydrogen-bond donors (Lipinski definition) is 0. The van der Waals surface area contributed by atoms with Crippen LogP contribution in [0.25, 0.3) is 0 Å². The SMILES string of the molecule is CC1CN(c2ccc([N+](=O)[O-])cc2)CC(c2ccc(F)cc2)O1. The van der Waals surface area contributed by atoms with Gasteiger partial charge in [-0.05, 0) is 36.8 Å². The van der Waals surface area contributed by atoms with Crippen LogP contribution in [0.15, 0.2) is 48.5 Å². The fourth-order valence-corrected chi connectivity index (χ4v) is 2.81. The Morgan fingerprint density at radius 1 is 1.13 bits per heavy atom. The van der Waals surface area contributed by atoms with Crippen LogP contribution in [0.2, 0.25) is 0 Å². The molecular formula is C17H17FN2O3. The van der Waals surface area contributed by atoms with Crippen LogP contribution < -0.4 is 4.90 Å². The van der Waals surface area contributed by atoms with Crippen LogP contribution in [0.5, 0.6) is 0 Å². The summed E-state index contributed by atoms with van der Waals surface area (Å²) >= 11 is 0. The monoisotopic (exact) mass is 316 g/mol. The van der Waals surface area contributed by atoms with Crippen molar-refractivity contribution < 1.29 is 14.1 Å². The summed E-state index contributed by atoms with van der Waals surface area (Å²) in [5.74, 6) is -0.273. The number of benzene rings is 2. The van der Waals surface area contributed by atoms with E-state index < -0.39 is 4.92 Å². The van der Waals surface area contributed by atoms with Gasteiger partial charge in [-0.3, -0.25) is 10.1 Å². The maximum Gasteiger partial charge on any atom is 0.269 e. The normalized spacial score (nSPS) is 21.2. The first-order valence-electron chi connectivity index (χ1n) is 7.43. The summed E-state index contributed by atoms with van der Waals surface area (Å²) in [7, 11) is 0. The number of ether oxygens (including phenoxy) is 1. The molecule has 0 amide bonds. The first-order valence-corrected chi connectivity index (χ1v) is 7.43. The van der Waals surface area contributed by atoms with E-state index >= 15 is 0 Å². The number of nitro benzene ring substituents is 1. The third-order valence-electron chi connectivity index (χ3n) is 3.93. The van der Waals surface area contributed by atoms with Crippen LogP contribution in [-0.4, -0.2) is 24.1 Å². The van der Waals surface area contributed by atoms with Gasteiger partial charge in [-0.25, -0.2) is 4.39 Å². The molecule has 0 spiro atoms. The summed E-state index contributed by atoms with van der Waals surface area (Å²) in [6.45, 7) is 3.30. The summed E-state index contributed by atoms with van der Waals surface area (Å²) in [5.41, 5.74) is 1.91. The highest BCUT2D eigenvalue weighted by atomic mass is 19.1. The molecule has 0 aromatic heterocycles. The number of nitrogens with zero attached hydrogens (tertiary/aromatic N) is 2. The molecule has 6 heteroatoms. The van der Waals surface area contributed by atoms with Crippen molar-refractivity contribution in [2.45, 2.75) is 19.1 Å². The fraction of sp³-hybridized carbons (Fsp3) is 0.294. The second-order valence-corrected chi connectivity index (χ2v) is 5.67. The van der Waals surface area contributed by atoms with E-state index in [9.17, 15) is 14.5 Å². The Hall–Kier alpha value is -2.47. The molecule has 1 heterocycles. The number of halogens is 1. The standard InChI is InChI=1S/C17H17FN2O3/c1-12-10-19(15-6-8-16(9-7-15)20(21)22)11-17(23-12)13-2-4-14(18)5-3-13/h2-9,12,17H,10-11H2,1H3. The second kappa shape index (κ2) is 6.34. The Bertz CT molecular complexity index is 688. The van der Waals surface area contributed by atoms with E-state index in [1.165, 1.54) is 24.3 Å². The Kier molecular flexibility index (Phi) is 4.25. The Labute approximate surface area is 133 Å². The molecule has 0 aliphatic carbocycles. The minimum Gasteiger partial charge on any atom is -0.367 e. The van der Waals surface area contributed by atoms with E-state index in [0.717, 1.165) is 11.3 Å². The first kappa shape index (κ1) is 15.4. The molecule has 23 heavy (non-hydrogen) atoms. The van der Waals surface area contributed by atoms with Crippen LogP contribution in [0.1, 0.15) is 18.6 Å². The van der Waals surface area contributed by atoms with Gasteiger partial charge in [0.2, 0.25) is 0 Å². The molecule has 1 aliphatic rings. The number of rotatable bonds is 3. The molecule has 2 atom stereocenters. The predicted molar refractivity (Wildman–Crippen MR) is 85.0 cm³/mol. The van der Waals surface area contributed by atoms with Crippen molar-refractivity contribution in [2.75, 3.05) is 18.0 Å². The molecule has 3 rings (SSSR count). The van der Waals surface area contributed by atoms with Gasteiger partial charge < -0.3 is 9.64 Å². The highest BCUT2D eigenvalue weighted by Gasteiger charge is 2.27. The topological polar surface area (TPSA) is 55.6 Å². The molecule has 1 aliphatic heterocycles. The summed E-state index contributed by atoms with van der Waals surface area (Å²) in [4.78, 5) is 12.5. The van der Waals surface area contributed by atoms with Crippen molar-refractivity contribution in [1.29, 1.82) is 0 Å². The molecule has 5 nitrogen and oxygen atoms in total. The quantitative estimate of drug-likeness (QED) is 0.640. The fourth-order valence-electron chi connectivity index (χ4n) is 2.81. The molecule has 0 N–H and O–H groups in total. The summed E-state index contributed by atoms with van der Waals surface area (Å²) in [5, 5.41) is 10.7. The number of non-ortho nitro benzene ring substituents is 1. The lowest BCUT2D eigenvalue weighted by atomic mass is 10.1. The van der Waals surface area contributed by atoms with Crippen LogP contribution >= 0.6 is 0 Å². The van der Waals surface area contributed by atoms with Crippen LogP contribution in [0.3, 0.4) is 0 Å². The van der Waals surface area contributed by atoms with Gasteiger partial charge in [-0.2, -0.15) is 0 Å².